The summed E-state index contributed by atoms with van der Waals surface area (Å²) in [5.74, 6) is 0.193. The summed E-state index contributed by atoms with van der Waals surface area (Å²) in [5.41, 5.74) is -0.259. The molecule has 0 aliphatic heterocycles. The number of carbonyl (C=O) groups is 1. The molecule has 0 amide bonds. The first kappa shape index (κ1) is 7.14. The van der Waals surface area contributed by atoms with Gasteiger partial charge >= 0.3 is 5.97 Å². The van der Waals surface area contributed by atoms with Crippen LogP contribution in [0.3, 0.4) is 0 Å². The number of carboxylic acid groups (broad SMARTS) is 1. The van der Waals surface area contributed by atoms with Gasteiger partial charge in [0.05, 0.1) is 5.41 Å². The monoisotopic (exact) mass is 154 g/mol. The molecule has 0 atom stereocenters. The van der Waals surface area contributed by atoms with Gasteiger partial charge in [0, 0.05) is 0 Å². The van der Waals surface area contributed by atoms with Gasteiger partial charge < -0.3 is 5.11 Å². The Morgan fingerprint density at radius 2 is 2.09 bits per heavy atom. The first-order chi connectivity index (χ1) is 5.23. The van der Waals surface area contributed by atoms with E-state index in [1.807, 2.05) is 0 Å². The molecule has 2 fully saturated rings. The summed E-state index contributed by atoms with van der Waals surface area (Å²) in [6.45, 7) is 0. The molecule has 1 N–H and O–H groups in total. The van der Waals surface area contributed by atoms with Crippen LogP contribution < -0.4 is 0 Å². The van der Waals surface area contributed by atoms with Gasteiger partial charge in [0.25, 0.3) is 0 Å². The van der Waals surface area contributed by atoms with Crippen LogP contribution in [0.2, 0.25) is 0 Å². The van der Waals surface area contributed by atoms with Gasteiger partial charge in [0.15, 0.2) is 0 Å². The molecule has 2 nitrogen and oxygen atoms in total. The average molecular weight is 154 g/mol. The number of aliphatic carboxylic acids is 1. The Kier molecular flexibility index (Phi) is 1.44. The van der Waals surface area contributed by atoms with Crippen LogP contribution in [0.25, 0.3) is 0 Å². The predicted octanol–water partition coefficient (Wildman–Crippen LogP) is 2.04. The Balaban J connectivity index is 1.88. The van der Waals surface area contributed by atoms with E-state index >= 15 is 0 Å². The maximum Gasteiger partial charge on any atom is 0.309 e. The highest BCUT2D eigenvalue weighted by molar-refractivity contribution is 5.77. The number of hydrogen-bond donors (Lipinski definition) is 1. The second-order valence-electron chi connectivity index (χ2n) is 4.09. The summed E-state index contributed by atoms with van der Waals surface area (Å²) in [5, 5.41) is 8.87. The van der Waals surface area contributed by atoms with E-state index in [-0.39, 0.29) is 5.41 Å². The zero-order valence-corrected chi connectivity index (χ0v) is 6.68. The fourth-order valence-corrected chi connectivity index (χ4v) is 1.91. The van der Waals surface area contributed by atoms with Crippen LogP contribution in [0, 0.1) is 11.3 Å². The lowest BCUT2D eigenvalue weighted by atomic mass is 9.78. The molecule has 0 bridgehead atoms. The van der Waals surface area contributed by atoms with Crippen LogP contribution in [0.4, 0.5) is 0 Å². The lowest BCUT2D eigenvalue weighted by molar-refractivity contribution is -0.144. The molecule has 2 aliphatic rings. The van der Waals surface area contributed by atoms with Crippen molar-refractivity contribution in [3.8, 4) is 0 Å². The minimum atomic E-state index is -0.551. The number of hydrogen-bond acceptors (Lipinski definition) is 1. The van der Waals surface area contributed by atoms with Crippen molar-refractivity contribution in [1.82, 2.24) is 0 Å². The number of rotatable bonds is 3. The standard InChI is InChI=1S/C9H14O2/c10-8(11)9(4-5-9)6-7-2-1-3-7/h7H,1-6H2,(H,10,11). The molecule has 11 heavy (non-hydrogen) atoms. The van der Waals surface area contributed by atoms with Crippen molar-refractivity contribution in [2.24, 2.45) is 11.3 Å². The molecule has 2 aliphatic carbocycles. The lowest BCUT2D eigenvalue weighted by Crippen LogP contribution is -2.22. The minimum Gasteiger partial charge on any atom is -0.481 e. The molecule has 0 saturated heterocycles. The van der Waals surface area contributed by atoms with Crippen molar-refractivity contribution in [3.05, 3.63) is 0 Å². The van der Waals surface area contributed by atoms with E-state index in [2.05, 4.69) is 0 Å². The van der Waals surface area contributed by atoms with E-state index in [9.17, 15) is 4.79 Å². The van der Waals surface area contributed by atoms with Crippen molar-refractivity contribution in [1.29, 1.82) is 0 Å². The zero-order valence-electron chi connectivity index (χ0n) is 6.68. The summed E-state index contributed by atoms with van der Waals surface area (Å²) in [6.07, 6.45) is 6.68. The van der Waals surface area contributed by atoms with Crippen molar-refractivity contribution in [2.45, 2.75) is 38.5 Å². The zero-order chi connectivity index (χ0) is 7.90. The van der Waals surface area contributed by atoms with Gasteiger partial charge in [-0.05, 0) is 25.2 Å². The van der Waals surface area contributed by atoms with Gasteiger partial charge in [-0.2, -0.15) is 0 Å². The topological polar surface area (TPSA) is 37.3 Å². The molecule has 0 aromatic carbocycles. The van der Waals surface area contributed by atoms with Crippen LogP contribution in [0.15, 0.2) is 0 Å². The average Bonchev–Trinajstić information content (AvgIpc) is 2.59. The Bertz CT molecular complexity index is 178. The summed E-state index contributed by atoms with van der Waals surface area (Å²) in [4.78, 5) is 10.8. The molecule has 0 radical (unpaired) electrons. The van der Waals surface area contributed by atoms with Gasteiger partial charge in [-0.1, -0.05) is 19.3 Å². The van der Waals surface area contributed by atoms with E-state index in [0.29, 0.717) is 0 Å². The molecule has 0 spiro atoms. The summed E-state index contributed by atoms with van der Waals surface area (Å²) in [7, 11) is 0. The molecular formula is C9H14O2. The maximum absolute atomic E-state index is 10.8. The van der Waals surface area contributed by atoms with Gasteiger partial charge in [-0.15, -0.1) is 0 Å². The van der Waals surface area contributed by atoms with Crippen molar-refractivity contribution >= 4 is 5.97 Å². The van der Waals surface area contributed by atoms with E-state index in [1.54, 1.807) is 0 Å². The fraction of sp³-hybridized carbons (Fsp3) is 0.889. The first-order valence-corrected chi connectivity index (χ1v) is 4.46. The highest BCUT2D eigenvalue weighted by atomic mass is 16.4. The molecule has 2 saturated carbocycles. The SMILES string of the molecule is O=C(O)C1(CC2CCC2)CC1. The quantitative estimate of drug-likeness (QED) is 0.675. The third-order valence-corrected chi connectivity index (χ3v) is 3.21. The fourth-order valence-electron chi connectivity index (χ4n) is 1.91. The van der Waals surface area contributed by atoms with Crippen molar-refractivity contribution in [3.63, 3.8) is 0 Å². The first-order valence-electron chi connectivity index (χ1n) is 4.46. The van der Waals surface area contributed by atoms with E-state index in [0.717, 1.165) is 25.2 Å². The van der Waals surface area contributed by atoms with Gasteiger partial charge in [-0.25, -0.2) is 0 Å². The summed E-state index contributed by atoms with van der Waals surface area (Å²) < 4.78 is 0. The van der Waals surface area contributed by atoms with Crippen LogP contribution >= 0.6 is 0 Å². The van der Waals surface area contributed by atoms with E-state index in [4.69, 9.17) is 5.11 Å². The Hall–Kier alpha value is -0.530. The van der Waals surface area contributed by atoms with Gasteiger partial charge in [0.2, 0.25) is 0 Å². The van der Waals surface area contributed by atoms with Gasteiger partial charge in [-0.3, -0.25) is 4.79 Å². The molecule has 0 heterocycles. The van der Waals surface area contributed by atoms with Crippen LogP contribution in [-0.4, -0.2) is 11.1 Å². The lowest BCUT2D eigenvalue weighted by Gasteiger charge is -2.27. The second-order valence-corrected chi connectivity index (χ2v) is 4.09. The summed E-state index contributed by atoms with van der Waals surface area (Å²) >= 11 is 0. The van der Waals surface area contributed by atoms with Gasteiger partial charge in [0.1, 0.15) is 0 Å². The minimum absolute atomic E-state index is 0.259. The Morgan fingerprint density at radius 1 is 1.45 bits per heavy atom. The molecule has 0 unspecified atom stereocenters. The normalized spacial score (nSPS) is 27.6. The van der Waals surface area contributed by atoms with Crippen molar-refractivity contribution < 1.29 is 9.90 Å². The second kappa shape index (κ2) is 2.23. The summed E-state index contributed by atoms with van der Waals surface area (Å²) in [6, 6.07) is 0. The third kappa shape index (κ3) is 1.15. The molecule has 2 rings (SSSR count). The highest BCUT2D eigenvalue weighted by Gasteiger charge is 2.51. The van der Waals surface area contributed by atoms with Crippen LogP contribution in [-0.2, 0) is 4.79 Å². The molecule has 0 aromatic heterocycles. The predicted molar refractivity (Wildman–Crippen MR) is 41.3 cm³/mol. The smallest absolute Gasteiger partial charge is 0.309 e. The van der Waals surface area contributed by atoms with E-state index in [1.165, 1.54) is 19.3 Å². The van der Waals surface area contributed by atoms with E-state index < -0.39 is 5.97 Å². The Labute approximate surface area is 66.6 Å². The number of carboxylic acids is 1. The largest absolute Gasteiger partial charge is 0.481 e. The molecular weight excluding hydrogens is 140 g/mol. The third-order valence-electron chi connectivity index (χ3n) is 3.21. The highest BCUT2D eigenvalue weighted by Crippen LogP contribution is 2.53. The van der Waals surface area contributed by atoms with Crippen LogP contribution in [0.5, 0.6) is 0 Å². The maximum atomic E-state index is 10.8. The van der Waals surface area contributed by atoms with Crippen LogP contribution in [0.1, 0.15) is 38.5 Å². The Morgan fingerprint density at radius 3 is 2.36 bits per heavy atom. The molecule has 0 aromatic rings. The molecule has 62 valence electrons. The van der Waals surface area contributed by atoms with Crippen molar-refractivity contribution in [2.75, 3.05) is 0 Å². The molecule has 2 heteroatoms.